The molecule has 6 heteroatoms. The van der Waals surface area contributed by atoms with Crippen molar-refractivity contribution in [1.29, 1.82) is 0 Å². The number of para-hydroxylation sites is 2. The molecule has 0 radical (unpaired) electrons. The van der Waals surface area contributed by atoms with Gasteiger partial charge in [0, 0.05) is 32.2 Å². The Balaban J connectivity index is 0.00000171. The van der Waals surface area contributed by atoms with E-state index in [4.69, 9.17) is 9.47 Å². The third kappa shape index (κ3) is 6.62. The van der Waals surface area contributed by atoms with Gasteiger partial charge in [0.15, 0.2) is 11.5 Å². The molecule has 1 N–H and O–H groups in total. The van der Waals surface area contributed by atoms with E-state index in [1.165, 1.54) is 5.56 Å². The summed E-state index contributed by atoms with van der Waals surface area (Å²) in [5.74, 6) is 3.06. The molecule has 166 valence electrons. The zero-order valence-electron chi connectivity index (χ0n) is 17.7. The smallest absolute Gasteiger partial charge is 0.170 e. The summed E-state index contributed by atoms with van der Waals surface area (Å²) in [6.07, 6.45) is 1.06. The number of piperazine rings is 1. The zero-order chi connectivity index (χ0) is 19.9. The topological polar surface area (TPSA) is 33.7 Å². The first-order valence-electron chi connectivity index (χ1n) is 10.4. The summed E-state index contributed by atoms with van der Waals surface area (Å²) >= 11 is 0. The standard InChI is InChI=1S/C25H28N2O2.2ClH/c1-2-23(27-17-15-26-16-18-27)20-13-14-24(28-21-9-5-3-6-10-21)25(19-20)29-22-11-7-4-8-12-22;;/h3-14,19,23,26H,2,15-18H2,1H3;2*1H/t23-;;/m0../s1. The third-order valence-corrected chi connectivity index (χ3v) is 5.27. The highest BCUT2D eigenvalue weighted by atomic mass is 35.5. The lowest BCUT2D eigenvalue weighted by Crippen LogP contribution is -2.45. The Hall–Kier alpha value is -2.24. The van der Waals surface area contributed by atoms with Crippen LogP contribution in [-0.4, -0.2) is 31.1 Å². The molecule has 1 saturated heterocycles. The highest BCUT2D eigenvalue weighted by Crippen LogP contribution is 2.38. The van der Waals surface area contributed by atoms with Crippen molar-refractivity contribution in [2.24, 2.45) is 0 Å². The van der Waals surface area contributed by atoms with E-state index in [-0.39, 0.29) is 24.8 Å². The molecule has 0 unspecified atom stereocenters. The minimum absolute atomic E-state index is 0. The van der Waals surface area contributed by atoms with E-state index >= 15 is 0 Å². The van der Waals surface area contributed by atoms with E-state index in [2.05, 4.69) is 29.3 Å². The minimum Gasteiger partial charge on any atom is -0.453 e. The summed E-state index contributed by atoms with van der Waals surface area (Å²) in [4.78, 5) is 2.55. The van der Waals surface area contributed by atoms with E-state index in [0.29, 0.717) is 6.04 Å². The van der Waals surface area contributed by atoms with Crippen LogP contribution in [0.4, 0.5) is 0 Å². The Kier molecular flexibility index (Phi) is 10.2. The predicted molar refractivity (Wildman–Crippen MR) is 131 cm³/mol. The highest BCUT2D eigenvalue weighted by Gasteiger charge is 2.22. The Morgan fingerprint density at radius 2 is 1.32 bits per heavy atom. The lowest BCUT2D eigenvalue weighted by Gasteiger charge is -2.35. The molecule has 4 rings (SSSR count). The van der Waals surface area contributed by atoms with Gasteiger partial charge in [0.05, 0.1) is 0 Å². The SMILES string of the molecule is CC[C@@H](c1ccc(Oc2ccccc2)c(Oc2ccccc2)c1)N1CCNCC1.Cl.Cl. The van der Waals surface area contributed by atoms with Crippen LogP contribution in [0.2, 0.25) is 0 Å². The summed E-state index contributed by atoms with van der Waals surface area (Å²) in [5, 5.41) is 3.44. The van der Waals surface area contributed by atoms with Crippen LogP contribution in [0.5, 0.6) is 23.0 Å². The van der Waals surface area contributed by atoms with Crippen LogP contribution in [0.25, 0.3) is 0 Å². The van der Waals surface area contributed by atoms with Crippen LogP contribution >= 0.6 is 24.8 Å². The van der Waals surface area contributed by atoms with E-state index in [1.54, 1.807) is 0 Å². The second-order valence-electron chi connectivity index (χ2n) is 7.25. The zero-order valence-corrected chi connectivity index (χ0v) is 19.3. The van der Waals surface area contributed by atoms with Crippen molar-refractivity contribution in [3.8, 4) is 23.0 Å². The van der Waals surface area contributed by atoms with Crippen molar-refractivity contribution >= 4 is 24.8 Å². The van der Waals surface area contributed by atoms with E-state index in [9.17, 15) is 0 Å². The van der Waals surface area contributed by atoms with Crippen molar-refractivity contribution in [1.82, 2.24) is 10.2 Å². The predicted octanol–water partition coefficient (Wildman–Crippen LogP) is 6.47. The fraction of sp³-hybridized carbons (Fsp3) is 0.280. The molecule has 0 spiro atoms. The maximum Gasteiger partial charge on any atom is 0.170 e. The fourth-order valence-corrected chi connectivity index (χ4v) is 3.83. The van der Waals surface area contributed by atoms with E-state index in [1.807, 2.05) is 66.7 Å². The number of halogens is 2. The first-order valence-corrected chi connectivity index (χ1v) is 10.4. The summed E-state index contributed by atoms with van der Waals surface area (Å²) in [5.41, 5.74) is 1.26. The van der Waals surface area contributed by atoms with Crippen molar-refractivity contribution < 1.29 is 9.47 Å². The van der Waals surface area contributed by atoms with E-state index < -0.39 is 0 Å². The van der Waals surface area contributed by atoms with Gasteiger partial charge in [-0.15, -0.1) is 24.8 Å². The minimum atomic E-state index is 0. The Morgan fingerprint density at radius 3 is 1.87 bits per heavy atom. The van der Waals surface area contributed by atoms with Gasteiger partial charge < -0.3 is 14.8 Å². The lowest BCUT2D eigenvalue weighted by molar-refractivity contribution is 0.169. The maximum absolute atomic E-state index is 6.25. The van der Waals surface area contributed by atoms with E-state index in [0.717, 1.165) is 55.6 Å². The second-order valence-corrected chi connectivity index (χ2v) is 7.25. The van der Waals surface area contributed by atoms with Crippen molar-refractivity contribution in [2.75, 3.05) is 26.2 Å². The van der Waals surface area contributed by atoms with Gasteiger partial charge in [-0.2, -0.15) is 0 Å². The van der Waals surface area contributed by atoms with Crippen LogP contribution in [0, 0.1) is 0 Å². The summed E-state index contributed by atoms with van der Waals surface area (Å²) in [6.45, 7) is 6.46. The third-order valence-electron chi connectivity index (χ3n) is 5.27. The molecule has 4 nitrogen and oxygen atoms in total. The monoisotopic (exact) mass is 460 g/mol. The molecule has 3 aromatic rings. The molecule has 0 aromatic heterocycles. The van der Waals surface area contributed by atoms with Crippen LogP contribution in [0.3, 0.4) is 0 Å². The fourth-order valence-electron chi connectivity index (χ4n) is 3.83. The molecule has 3 aromatic carbocycles. The number of nitrogens with zero attached hydrogens (tertiary/aromatic N) is 1. The van der Waals surface area contributed by atoms with Crippen LogP contribution < -0.4 is 14.8 Å². The second kappa shape index (κ2) is 12.6. The Labute approximate surface area is 197 Å². The number of ether oxygens (including phenoxy) is 2. The average Bonchev–Trinajstić information content (AvgIpc) is 2.78. The molecular formula is C25H30Cl2N2O2. The quantitative estimate of drug-likeness (QED) is 0.437. The van der Waals surface area contributed by atoms with Crippen LogP contribution in [0.1, 0.15) is 24.9 Å². The Morgan fingerprint density at radius 1 is 0.774 bits per heavy atom. The largest absolute Gasteiger partial charge is 0.453 e. The molecular weight excluding hydrogens is 431 g/mol. The first kappa shape index (κ1) is 25.0. The van der Waals surface area contributed by atoms with Gasteiger partial charge >= 0.3 is 0 Å². The van der Waals surface area contributed by atoms with Gasteiger partial charge in [0.25, 0.3) is 0 Å². The molecule has 0 amide bonds. The normalized spacial score (nSPS) is 14.6. The number of hydrogen-bond acceptors (Lipinski definition) is 4. The summed E-state index contributed by atoms with van der Waals surface area (Å²) in [6, 6.07) is 26.4. The van der Waals surface area contributed by atoms with Gasteiger partial charge in [0.1, 0.15) is 11.5 Å². The molecule has 1 heterocycles. The van der Waals surface area contributed by atoms with Crippen molar-refractivity contribution in [3.63, 3.8) is 0 Å². The van der Waals surface area contributed by atoms with Crippen LogP contribution in [0.15, 0.2) is 78.9 Å². The van der Waals surface area contributed by atoms with Crippen molar-refractivity contribution in [3.05, 3.63) is 84.4 Å². The average molecular weight is 461 g/mol. The molecule has 0 bridgehead atoms. The summed E-state index contributed by atoms with van der Waals surface area (Å²) in [7, 11) is 0. The lowest BCUT2D eigenvalue weighted by atomic mass is 10.0. The molecule has 1 aliphatic rings. The number of nitrogens with one attached hydrogen (secondary N) is 1. The van der Waals surface area contributed by atoms with Gasteiger partial charge in [-0.25, -0.2) is 0 Å². The summed E-state index contributed by atoms with van der Waals surface area (Å²) < 4.78 is 12.4. The number of benzene rings is 3. The van der Waals surface area contributed by atoms with Crippen LogP contribution in [-0.2, 0) is 0 Å². The molecule has 1 aliphatic heterocycles. The number of rotatable bonds is 7. The van der Waals surface area contributed by atoms with Crippen molar-refractivity contribution in [2.45, 2.75) is 19.4 Å². The van der Waals surface area contributed by atoms with Gasteiger partial charge in [-0.1, -0.05) is 49.4 Å². The molecule has 0 saturated carbocycles. The number of hydrogen-bond donors (Lipinski definition) is 1. The molecule has 0 aliphatic carbocycles. The highest BCUT2D eigenvalue weighted by molar-refractivity contribution is 5.85. The molecule has 1 atom stereocenters. The van der Waals surface area contributed by atoms with Gasteiger partial charge in [0.2, 0.25) is 0 Å². The first-order chi connectivity index (χ1) is 14.3. The van der Waals surface area contributed by atoms with Gasteiger partial charge in [-0.05, 0) is 48.4 Å². The Bertz CT molecular complexity index is 904. The molecule has 31 heavy (non-hydrogen) atoms. The van der Waals surface area contributed by atoms with Gasteiger partial charge in [-0.3, -0.25) is 4.90 Å². The maximum atomic E-state index is 6.25. The molecule has 1 fully saturated rings.